The summed E-state index contributed by atoms with van der Waals surface area (Å²) in [7, 11) is 4.90. The summed E-state index contributed by atoms with van der Waals surface area (Å²) in [6.07, 6.45) is 0. The lowest BCUT2D eigenvalue weighted by Gasteiger charge is -2.21. The third-order valence-electron chi connectivity index (χ3n) is 5.02. The van der Waals surface area contributed by atoms with E-state index in [-0.39, 0.29) is 5.91 Å². The molecular weight excluding hydrogens is 414 g/mol. The normalized spacial score (nSPS) is 11.0. The van der Waals surface area contributed by atoms with E-state index in [2.05, 4.69) is 4.57 Å². The number of thioether (sulfide) groups is 1. The number of ether oxygens (including phenoxy) is 3. The Kier molecular flexibility index (Phi) is 8.20. The molecule has 31 heavy (non-hydrogen) atoms. The highest BCUT2D eigenvalue weighted by molar-refractivity contribution is 7.99. The predicted molar refractivity (Wildman–Crippen MR) is 123 cm³/mol. The number of methoxy groups -OCH3 is 3. The summed E-state index contributed by atoms with van der Waals surface area (Å²) >= 11 is 1.46. The van der Waals surface area contributed by atoms with Crippen LogP contribution < -0.4 is 9.47 Å². The van der Waals surface area contributed by atoms with Gasteiger partial charge in [-0.1, -0.05) is 30.0 Å². The van der Waals surface area contributed by atoms with Crippen LogP contribution in [0.1, 0.15) is 12.5 Å². The summed E-state index contributed by atoms with van der Waals surface area (Å²) < 4.78 is 18.0. The van der Waals surface area contributed by atoms with Crippen LogP contribution in [0.4, 0.5) is 0 Å². The lowest BCUT2D eigenvalue weighted by Crippen LogP contribution is -2.31. The van der Waals surface area contributed by atoms with Crippen molar-refractivity contribution in [2.75, 3.05) is 40.2 Å². The SMILES string of the molecule is CCN(Cc1ccc(OC)c(OC)c1)C(=O)CSc1nc2ccccc2n1CCOC. The first-order chi connectivity index (χ1) is 15.1. The topological polar surface area (TPSA) is 65.8 Å². The molecule has 8 heteroatoms. The van der Waals surface area contributed by atoms with E-state index >= 15 is 0 Å². The highest BCUT2D eigenvalue weighted by Crippen LogP contribution is 2.28. The third-order valence-corrected chi connectivity index (χ3v) is 5.98. The molecule has 2 aromatic carbocycles. The number of nitrogens with zero attached hydrogens (tertiary/aromatic N) is 3. The zero-order valence-corrected chi connectivity index (χ0v) is 19.3. The van der Waals surface area contributed by atoms with E-state index in [9.17, 15) is 4.79 Å². The van der Waals surface area contributed by atoms with Crippen molar-refractivity contribution in [1.82, 2.24) is 14.5 Å². The van der Waals surface area contributed by atoms with Gasteiger partial charge in [-0.15, -0.1) is 0 Å². The zero-order chi connectivity index (χ0) is 22.2. The highest BCUT2D eigenvalue weighted by Gasteiger charge is 2.17. The average Bonchev–Trinajstić information content (AvgIpc) is 3.16. The van der Waals surface area contributed by atoms with Gasteiger partial charge in [-0.25, -0.2) is 4.98 Å². The highest BCUT2D eigenvalue weighted by atomic mass is 32.2. The molecule has 0 saturated carbocycles. The molecule has 1 amide bonds. The zero-order valence-electron chi connectivity index (χ0n) is 18.5. The van der Waals surface area contributed by atoms with Gasteiger partial charge >= 0.3 is 0 Å². The molecule has 0 spiro atoms. The number of hydrogen-bond acceptors (Lipinski definition) is 6. The second-order valence-electron chi connectivity index (χ2n) is 6.91. The maximum atomic E-state index is 13.0. The van der Waals surface area contributed by atoms with Crippen LogP contribution in [0, 0.1) is 0 Å². The minimum atomic E-state index is 0.0626. The largest absolute Gasteiger partial charge is 0.493 e. The number of carbonyl (C=O) groups excluding carboxylic acids is 1. The first-order valence-electron chi connectivity index (χ1n) is 10.2. The molecule has 0 atom stereocenters. The molecule has 0 aliphatic heterocycles. The Morgan fingerprint density at radius 2 is 1.87 bits per heavy atom. The van der Waals surface area contributed by atoms with E-state index in [0.29, 0.717) is 43.5 Å². The molecule has 0 saturated heterocycles. The maximum Gasteiger partial charge on any atom is 0.233 e. The average molecular weight is 444 g/mol. The van der Waals surface area contributed by atoms with Crippen molar-refractivity contribution in [3.05, 3.63) is 48.0 Å². The van der Waals surface area contributed by atoms with Crippen molar-refractivity contribution < 1.29 is 19.0 Å². The fourth-order valence-corrected chi connectivity index (χ4v) is 4.30. The van der Waals surface area contributed by atoms with Gasteiger partial charge in [0.15, 0.2) is 16.7 Å². The summed E-state index contributed by atoms with van der Waals surface area (Å²) in [6, 6.07) is 13.7. The molecule has 0 bridgehead atoms. The van der Waals surface area contributed by atoms with Crippen LogP contribution in [0.15, 0.2) is 47.6 Å². The van der Waals surface area contributed by atoms with Crippen molar-refractivity contribution in [3.63, 3.8) is 0 Å². The van der Waals surface area contributed by atoms with Gasteiger partial charge in [0.2, 0.25) is 5.91 Å². The fraction of sp³-hybridized carbons (Fsp3) is 0.391. The molecule has 0 aliphatic carbocycles. The maximum absolute atomic E-state index is 13.0. The van der Waals surface area contributed by atoms with Crippen LogP contribution in [0.25, 0.3) is 11.0 Å². The molecule has 1 heterocycles. The number of carbonyl (C=O) groups is 1. The van der Waals surface area contributed by atoms with E-state index in [1.807, 2.05) is 54.3 Å². The number of benzene rings is 2. The lowest BCUT2D eigenvalue weighted by molar-refractivity contribution is -0.128. The van der Waals surface area contributed by atoms with Crippen LogP contribution in [0.5, 0.6) is 11.5 Å². The van der Waals surface area contributed by atoms with E-state index in [1.165, 1.54) is 11.8 Å². The van der Waals surface area contributed by atoms with Crippen molar-refractivity contribution in [1.29, 1.82) is 0 Å². The Hall–Kier alpha value is -2.71. The van der Waals surface area contributed by atoms with E-state index in [4.69, 9.17) is 19.2 Å². The summed E-state index contributed by atoms with van der Waals surface area (Å²) in [4.78, 5) is 19.5. The summed E-state index contributed by atoms with van der Waals surface area (Å²) in [5.41, 5.74) is 2.96. The van der Waals surface area contributed by atoms with Crippen LogP contribution in [0.3, 0.4) is 0 Å². The molecule has 3 rings (SSSR count). The number of hydrogen-bond donors (Lipinski definition) is 0. The lowest BCUT2D eigenvalue weighted by atomic mass is 10.2. The van der Waals surface area contributed by atoms with Crippen molar-refractivity contribution >= 4 is 28.7 Å². The molecule has 0 aliphatic rings. The van der Waals surface area contributed by atoms with Gasteiger partial charge in [-0.05, 0) is 36.8 Å². The first kappa shape index (κ1) is 23.0. The standard InChI is InChI=1S/C23H29N3O4S/c1-5-25(15-17-10-11-20(29-3)21(14-17)30-4)22(27)16-31-23-24-18-8-6-7-9-19(18)26(23)12-13-28-2/h6-11,14H,5,12-13,15-16H2,1-4H3. The van der Waals surface area contributed by atoms with Gasteiger partial charge < -0.3 is 23.7 Å². The molecule has 1 aromatic heterocycles. The van der Waals surface area contributed by atoms with E-state index in [1.54, 1.807) is 21.3 Å². The Bertz CT molecular complexity index is 1020. The Balaban J connectivity index is 1.70. The van der Waals surface area contributed by atoms with Gasteiger partial charge in [0.05, 0.1) is 37.6 Å². The summed E-state index contributed by atoms with van der Waals surface area (Å²) in [5.74, 6) is 1.71. The van der Waals surface area contributed by atoms with Gasteiger partial charge in [0.25, 0.3) is 0 Å². The number of para-hydroxylation sites is 2. The minimum Gasteiger partial charge on any atom is -0.493 e. The number of rotatable bonds is 11. The van der Waals surface area contributed by atoms with Crippen molar-refractivity contribution in [2.45, 2.75) is 25.2 Å². The monoisotopic (exact) mass is 443 g/mol. The van der Waals surface area contributed by atoms with Gasteiger partial charge in [0.1, 0.15) is 0 Å². The van der Waals surface area contributed by atoms with Crippen LogP contribution in [-0.2, 0) is 22.6 Å². The van der Waals surface area contributed by atoms with Gasteiger partial charge in [0, 0.05) is 26.7 Å². The molecule has 0 radical (unpaired) electrons. The fourth-order valence-electron chi connectivity index (χ4n) is 3.36. The smallest absolute Gasteiger partial charge is 0.233 e. The van der Waals surface area contributed by atoms with Crippen molar-refractivity contribution in [2.24, 2.45) is 0 Å². The Morgan fingerprint density at radius 1 is 1.10 bits per heavy atom. The summed E-state index contributed by atoms with van der Waals surface area (Å²) in [5, 5.41) is 0.828. The molecular formula is C23H29N3O4S. The van der Waals surface area contributed by atoms with Crippen LogP contribution in [0.2, 0.25) is 0 Å². The Morgan fingerprint density at radius 3 is 2.58 bits per heavy atom. The van der Waals surface area contributed by atoms with E-state index < -0.39 is 0 Å². The van der Waals surface area contributed by atoms with Gasteiger partial charge in [-0.2, -0.15) is 0 Å². The molecule has 0 N–H and O–H groups in total. The third kappa shape index (κ3) is 5.51. The minimum absolute atomic E-state index is 0.0626. The molecule has 166 valence electrons. The van der Waals surface area contributed by atoms with Crippen molar-refractivity contribution in [3.8, 4) is 11.5 Å². The summed E-state index contributed by atoms with van der Waals surface area (Å²) in [6.45, 7) is 4.39. The van der Waals surface area contributed by atoms with E-state index in [0.717, 1.165) is 21.8 Å². The second-order valence-corrected chi connectivity index (χ2v) is 7.86. The van der Waals surface area contributed by atoms with Crippen LogP contribution in [-0.4, -0.2) is 60.6 Å². The molecule has 7 nitrogen and oxygen atoms in total. The van der Waals surface area contributed by atoms with Crippen LogP contribution >= 0.6 is 11.8 Å². The van der Waals surface area contributed by atoms with Gasteiger partial charge in [-0.3, -0.25) is 4.79 Å². The predicted octanol–water partition coefficient (Wildman–Crippen LogP) is 3.84. The quantitative estimate of drug-likeness (QED) is 0.420. The number of aromatic nitrogens is 2. The Labute approximate surface area is 187 Å². The second kappa shape index (κ2) is 11.1. The number of imidazole rings is 1. The molecule has 0 fully saturated rings. The molecule has 0 unspecified atom stereocenters. The molecule has 3 aromatic rings. The number of fused-ring (bicyclic) bond motifs is 1. The number of amides is 1. The first-order valence-corrected chi connectivity index (χ1v) is 11.2.